The zero-order valence-electron chi connectivity index (χ0n) is 6.36. The maximum atomic E-state index is 10.8. The molecule has 0 aliphatic carbocycles. The van der Waals surface area contributed by atoms with Crippen molar-refractivity contribution in [1.82, 2.24) is 4.72 Å². The van der Waals surface area contributed by atoms with Crippen LogP contribution >= 0.6 is 0 Å². The summed E-state index contributed by atoms with van der Waals surface area (Å²) in [5.41, 5.74) is 0. The quantitative estimate of drug-likeness (QED) is 0.628. The second kappa shape index (κ2) is 3.51. The van der Waals surface area contributed by atoms with Gasteiger partial charge in [-0.3, -0.25) is 0 Å². The largest absolute Gasteiger partial charge is 0.228 e. The Morgan fingerprint density at radius 1 is 1.18 bits per heavy atom. The van der Waals surface area contributed by atoms with Crippen LogP contribution in [0, 0.1) is 0 Å². The highest BCUT2D eigenvalue weighted by atomic mass is 32.3. The molecular formula is C4H11NO4S2. The van der Waals surface area contributed by atoms with Crippen LogP contribution < -0.4 is 4.72 Å². The van der Waals surface area contributed by atoms with Crippen molar-refractivity contribution < 1.29 is 16.8 Å². The third kappa shape index (κ3) is 6.27. The van der Waals surface area contributed by atoms with Crippen molar-refractivity contribution in [3.05, 3.63) is 0 Å². The van der Waals surface area contributed by atoms with E-state index in [0.717, 1.165) is 6.26 Å². The minimum atomic E-state index is -3.63. The highest BCUT2D eigenvalue weighted by Gasteiger charge is 2.15. The Kier molecular flexibility index (Phi) is 3.46. The van der Waals surface area contributed by atoms with E-state index in [2.05, 4.69) is 4.72 Å². The van der Waals surface area contributed by atoms with Crippen LogP contribution in [0.2, 0.25) is 0 Å². The Bertz CT molecular complexity index is 301. The molecule has 68 valence electrons. The summed E-state index contributed by atoms with van der Waals surface area (Å²) in [5.74, 6) is 0. The van der Waals surface area contributed by atoms with E-state index in [4.69, 9.17) is 0 Å². The Balaban J connectivity index is 4.40. The minimum absolute atomic E-state index is 0.206. The van der Waals surface area contributed by atoms with Gasteiger partial charge in [-0.25, -0.2) is 21.6 Å². The van der Waals surface area contributed by atoms with Crippen LogP contribution in [-0.4, -0.2) is 34.7 Å². The predicted octanol–water partition coefficient (Wildman–Crippen LogP) is -1.07. The second-order valence-corrected chi connectivity index (χ2v) is 6.47. The van der Waals surface area contributed by atoms with Gasteiger partial charge in [-0.05, 0) is 0 Å². The first-order valence-corrected chi connectivity index (χ1v) is 6.63. The van der Waals surface area contributed by atoms with E-state index in [9.17, 15) is 16.8 Å². The normalized spacial score (nSPS) is 13.3. The van der Waals surface area contributed by atoms with Crippen molar-refractivity contribution >= 4 is 19.9 Å². The topological polar surface area (TPSA) is 80.3 Å². The molecule has 0 unspecified atom stereocenters. The Morgan fingerprint density at radius 3 is 1.91 bits per heavy atom. The van der Waals surface area contributed by atoms with Gasteiger partial charge in [0.05, 0.1) is 0 Å². The first-order valence-electron chi connectivity index (χ1n) is 2.92. The molecule has 7 heteroatoms. The van der Waals surface area contributed by atoms with Crippen molar-refractivity contribution in [3.63, 3.8) is 0 Å². The lowest BCUT2D eigenvalue weighted by atomic mass is 10.8. The van der Waals surface area contributed by atoms with Gasteiger partial charge in [0.1, 0.15) is 0 Å². The summed E-state index contributed by atoms with van der Waals surface area (Å²) in [4.78, 5) is 0. The third-order valence-electron chi connectivity index (χ3n) is 0.733. The molecule has 5 nitrogen and oxygen atoms in total. The molecule has 0 aliphatic rings. The number of hydrogen-bond donors (Lipinski definition) is 1. The highest BCUT2D eigenvalue weighted by Crippen LogP contribution is 1.90. The molecule has 0 saturated carbocycles. The average Bonchev–Trinajstić information content (AvgIpc) is 1.55. The molecule has 0 heterocycles. The van der Waals surface area contributed by atoms with Gasteiger partial charge in [-0.1, -0.05) is 6.92 Å². The smallest absolute Gasteiger partial charge is 0.226 e. The SMILES string of the molecule is CCNS(=O)(=O)CS(C)(=O)=O. The van der Waals surface area contributed by atoms with Crippen molar-refractivity contribution in [2.24, 2.45) is 0 Å². The average molecular weight is 201 g/mol. The van der Waals surface area contributed by atoms with Crippen LogP contribution in [-0.2, 0) is 19.9 Å². The number of sulfone groups is 1. The van der Waals surface area contributed by atoms with Gasteiger partial charge < -0.3 is 0 Å². The summed E-state index contributed by atoms with van der Waals surface area (Å²) in [5, 5.41) is -0.839. The molecule has 0 amide bonds. The maximum Gasteiger partial charge on any atom is 0.226 e. The van der Waals surface area contributed by atoms with Gasteiger partial charge in [0.2, 0.25) is 10.0 Å². The fourth-order valence-corrected chi connectivity index (χ4v) is 3.57. The van der Waals surface area contributed by atoms with E-state index in [1.807, 2.05) is 0 Å². The van der Waals surface area contributed by atoms with Crippen LogP contribution in [0.1, 0.15) is 6.92 Å². The Hall–Kier alpha value is -0.140. The summed E-state index contributed by atoms with van der Waals surface area (Å²) in [6.07, 6.45) is 0.877. The number of nitrogens with one attached hydrogen (secondary N) is 1. The van der Waals surface area contributed by atoms with Crippen LogP contribution in [0.15, 0.2) is 0 Å². The molecule has 0 aromatic carbocycles. The molecule has 11 heavy (non-hydrogen) atoms. The predicted molar refractivity (Wildman–Crippen MR) is 42.3 cm³/mol. The van der Waals surface area contributed by atoms with Gasteiger partial charge in [-0.15, -0.1) is 0 Å². The van der Waals surface area contributed by atoms with E-state index in [0.29, 0.717) is 0 Å². The fourth-order valence-electron chi connectivity index (χ4n) is 0.543. The minimum Gasteiger partial charge on any atom is -0.228 e. The van der Waals surface area contributed by atoms with Crippen LogP contribution in [0.3, 0.4) is 0 Å². The standard InChI is InChI=1S/C4H11NO4S2/c1-3-5-11(8,9)4-10(2,6)7/h5H,3-4H2,1-2H3. The van der Waals surface area contributed by atoms with Gasteiger partial charge in [0.25, 0.3) is 0 Å². The van der Waals surface area contributed by atoms with Gasteiger partial charge in [0.15, 0.2) is 14.9 Å². The van der Waals surface area contributed by atoms with Crippen molar-refractivity contribution in [1.29, 1.82) is 0 Å². The van der Waals surface area contributed by atoms with E-state index >= 15 is 0 Å². The first-order chi connectivity index (χ1) is 4.77. The van der Waals surface area contributed by atoms with Gasteiger partial charge >= 0.3 is 0 Å². The monoisotopic (exact) mass is 201 g/mol. The van der Waals surface area contributed by atoms with Crippen molar-refractivity contribution in [3.8, 4) is 0 Å². The summed E-state index contributed by atoms with van der Waals surface area (Å²) in [6, 6.07) is 0. The molecular weight excluding hydrogens is 190 g/mol. The van der Waals surface area contributed by atoms with Crippen LogP contribution in [0.5, 0.6) is 0 Å². The molecule has 0 atom stereocenters. The van der Waals surface area contributed by atoms with E-state index in [-0.39, 0.29) is 6.54 Å². The molecule has 0 aromatic heterocycles. The van der Waals surface area contributed by atoms with E-state index < -0.39 is 24.9 Å². The summed E-state index contributed by atoms with van der Waals surface area (Å²) in [6.45, 7) is 1.79. The van der Waals surface area contributed by atoms with Crippen LogP contribution in [0.4, 0.5) is 0 Å². The first kappa shape index (κ1) is 10.9. The lowest BCUT2D eigenvalue weighted by Crippen LogP contribution is -2.29. The zero-order chi connectivity index (χ0) is 9.12. The molecule has 0 fully saturated rings. The lowest BCUT2D eigenvalue weighted by Gasteiger charge is -2.00. The molecule has 0 rings (SSSR count). The lowest BCUT2D eigenvalue weighted by molar-refractivity contribution is 0.583. The van der Waals surface area contributed by atoms with Crippen LogP contribution in [0.25, 0.3) is 0 Å². The number of sulfonamides is 1. The zero-order valence-corrected chi connectivity index (χ0v) is 8.00. The second-order valence-electron chi connectivity index (χ2n) is 2.16. The maximum absolute atomic E-state index is 10.8. The molecule has 0 aromatic rings. The molecule has 0 saturated heterocycles. The summed E-state index contributed by atoms with van der Waals surface area (Å²) in [7, 11) is -7.08. The number of rotatable bonds is 4. The Morgan fingerprint density at radius 2 is 1.64 bits per heavy atom. The summed E-state index contributed by atoms with van der Waals surface area (Å²) >= 11 is 0. The fraction of sp³-hybridized carbons (Fsp3) is 1.00. The molecule has 0 radical (unpaired) electrons. The van der Waals surface area contributed by atoms with Gasteiger partial charge in [0, 0.05) is 12.8 Å². The summed E-state index contributed by atoms with van der Waals surface area (Å²) < 4.78 is 44.6. The highest BCUT2D eigenvalue weighted by molar-refractivity contribution is 8.06. The molecule has 0 spiro atoms. The Labute approximate surface area is 66.8 Å². The molecule has 1 N–H and O–H groups in total. The number of hydrogen-bond acceptors (Lipinski definition) is 4. The van der Waals surface area contributed by atoms with Crippen molar-refractivity contribution in [2.75, 3.05) is 17.9 Å². The van der Waals surface area contributed by atoms with E-state index in [1.54, 1.807) is 6.92 Å². The third-order valence-corrected chi connectivity index (χ3v) is 4.42. The van der Waals surface area contributed by atoms with Crippen molar-refractivity contribution in [2.45, 2.75) is 6.92 Å². The van der Waals surface area contributed by atoms with Gasteiger partial charge in [-0.2, -0.15) is 0 Å². The molecule has 0 aliphatic heterocycles. The molecule has 0 bridgehead atoms. The van der Waals surface area contributed by atoms with E-state index in [1.165, 1.54) is 0 Å².